The van der Waals surface area contributed by atoms with Crippen LogP contribution in [0.1, 0.15) is 0 Å². The second-order valence-electron chi connectivity index (χ2n) is 2.58. The van der Waals surface area contributed by atoms with E-state index in [0.29, 0.717) is 0 Å². The van der Waals surface area contributed by atoms with Crippen LogP contribution in [0.25, 0.3) is 0 Å². The van der Waals surface area contributed by atoms with Crippen molar-refractivity contribution in [2.45, 2.75) is 0 Å². The molecular formula is C7H12N2O. The molecule has 1 rings (SSSR count). The molecule has 1 atom stereocenters. The third-order valence-corrected chi connectivity index (χ3v) is 1.58. The van der Waals surface area contributed by atoms with Gasteiger partial charge < -0.3 is 10.1 Å². The molecule has 1 unspecified atom stereocenters. The SMILES string of the molecule is CN1CC=CC(C=NO)C1. The molecule has 0 amide bonds. The highest BCUT2D eigenvalue weighted by Crippen LogP contribution is 2.04. The van der Waals surface area contributed by atoms with Crippen LogP contribution in [0.4, 0.5) is 0 Å². The minimum Gasteiger partial charge on any atom is -0.411 e. The van der Waals surface area contributed by atoms with E-state index < -0.39 is 0 Å². The molecule has 3 nitrogen and oxygen atoms in total. The summed E-state index contributed by atoms with van der Waals surface area (Å²) in [6.07, 6.45) is 5.68. The molecule has 1 heterocycles. The Morgan fingerprint density at radius 1 is 1.80 bits per heavy atom. The zero-order chi connectivity index (χ0) is 7.40. The molecule has 0 aromatic carbocycles. The van der Waals surface area contributed by atoms with E-state index in [2.05, 4.69) is 22.2 Å². The summed E-state index contributed by atoms with van der Waals surface area (Å²) < 4.78 is 0. The first-order valence-electron chi connectivity index (χ1n) is 3.35. The second-order valence-corrected chi connectivity index (χ2v) is 2.58. The smallest absolute Gasteiger partial charge is 0.0517 e. The van der Waals surface area contributed by atoms with Crippen LogP contribution in [-0.2, 0) is 0 Å². The molecule has 1 N–H and O–H groups in total. The summed E-state index contributed by atoms with van der Waals surface area (Å²) >= 11 is 0. The lowest BCUT2D eigenvalue weighted by atomic mass is 10.1. The molecule has 1 aliphatic heterocycles. The summed E-state index contributed by atoms with van der Waals surface area (Å²) in [4.78, 5) is 2.17. The zero-order valence-corrected chi connectivity index (χ0v) is 6.07. The highest BCUT2D eigenvalue weighted by Gasteiger charge is 2.08. The van der Waals surface area contributed by atoms with Crippen LogP contribution >= 0.6 is 0 Å². The molecule has 0 aromatic heterocycles. The number of oxime groups is 1. The highest BCUT2D eigenvalue weighted by atomic mass is 16.4. The molecule has 0 aliphatic carbocycles. The summed E-state index contributed by atoms with van der Waals surface area (Å²) in [5, 5.41) is 11.2. The lowest BCUT2D eigenvalue weighted by Gasteiger charge is -2.21. The van der Waals surface area contributed by atoms with Gasteiger partial charge in [-0.3, -0.25) is 0 Å². The standard InChI is InChI=1S/C7H12N2O/c1-9-4-2-3-7(6-9)5-8-10/h2-3,5,7,10H,4,6H2,1H3. The molecule has 0 aromatic rings. The van der Waals surface area contributed by atoms with Crippen molar-refractivity contribution in [2.75, 3.05) is 20.1 Å². The van der Waals surface area contributed by atoms with Crippen molar-refractivity contribution in [2.24, 2.45) is 11.1 Å². The Balaban J connectivity index is 2.47. The Kier molecular flexibility index (Phi) is 2.45. The first kappa shape index (κ1) is 7.28. The first-order chi connectivity index (χ1) is 4.83. The maximum Gasteiger partial charge on any atom is 0.0517 e. The van der Waals surface area contributed by atoms with Gasteiger partial charge in [0.25, 0.3) is 0 Å². The zero-order valence-electron chi connectivity index (χ0n) is 6.07. The predicted molar refractivity (Wildman–Crippen MR) is 40.4 cm³/mol. The normalized spacial score (nSPS) is 27.9. The number of nitrogens with zero attached hydrogens (tertiary/aromatic N) is 2. The van der Waals surface area contributed by atoms with E-state index in [9.17, 15) is 0 Å². The fraction of sp³-hybridized carbons (Fsp3) is 0.571. The third-order valence-electron chi connectivity index (χ3n) is 1.58. The Bertz CT molecular complexity index is 154. The number of hydrogen-bond acceptors (Lipinski definition) is 3. The number of likely N-dealkylation sites (N-methyl/N-ethyl adjacent to an activating group) is 1. The van der Waals surface area contributed by atoms with Crippen LogP contribution in [-0.4, -0.2) is 36.5 Å². The van der Waals surface area contributed by atoms with E-state index in [1.807, 2.05) is 7.05 Å². The van der Waals surface area contributed by atoms with Crippen LogP contribution in [0.2, 0.25) is 0 Å². The van der Waals surface area contributed by atoms with Gasteiger partial charge in [-0.05, 0) is 7.05 Å². The van der Waals surface area contributed by atoms with Crippen molar-refractivity contribution < 1.29 is 5.21 Å². The Morgan fingerprint density at radius 2 is 2.60 bits per heavy atom. The topological polar surface area (TPSA) is 35.8 Å². The Hall–Kier alpha value is -0.830. The largest absolute Gasteiger partial charge is 0.411 e. The van der Waals surface area contributed by atoms with Gasteiger partial charge in [0.1, 0.15) is 0 Å². The first-order valence-corrected chi connectivity index (χ1v) is 3.35. The minimum atomic E-state index is 0.281. The fourth-order valence-electron chi connectivity index (χ4n) is 1.09. The molecule has 0 saturated heterocycles. The van der Waals surface area contributed by atoms with Gasteiger partial charge in [0, 0.05) is 19.0 Å². The molecule has 0 spiro atoms. The summed E-state index contributed by atoms with van der Waals surface area (Å²) in [5.41, 5.74) is 0. The average molecular weight is 140 g/mol. The predicted octanol–water partition coefficient (Wildman–Crippen LogP) is 0.564. The van der Waals surface area contributed by atoms with Gasteiger partial charge >= 0.3 is 0 Å². The van der Waals surface area contributed by atoms with E-state index in [0.717, 1.165) is 13.1 Å². The van der Waals surface area contributed by atoms with Crippen molar-refractivity contribution in [1.29, 1.82) is 0 Å². The molecule has 0 radical (unpaired) electrons. The van der Waals surface area contributed by atoms with Gasteiger partial charge in [-0.2, -0.15) is 0 Å². The molecule has 56 valence electrons. The number of rotatable bonds is 1. The lowest BCUT2D eigenvalue weighted by molar-refractivity contribution is 0.310. The maximum atomic E-state index is 8.22. The van der Waals surface area contributed by atoms with Crippen LogP contribution in [0.3, 0.4) is 0 Å². The molecule has 3 heteroatoms. The van der Waals surface area contributed by atoms with Gasteiger partial charge in [-0.15, -0.1) is 5.16 Å². The molecular weight excluding hydrogens is 128 g/mol. The van der Waals surface area contributed by atoms with Gasteiger partial charge in [0.15, 0.2) is 0 Å². The summed E-state index contributed by atoms with van der Waals surface area (Å²) in [6.45, 7) is 1.94. The van der Waals surface area contributed by atoms with Crippen molar-refractivity contribution in [3.05, 3.63) is 12.2 Å². The van der Waals surface area contributed by atoms with Gasteiger partial charge in [-0.25, -0.2) is 0 Å². The van der Waals surface area contributed by atoms with E-state index in [1.54, 1.807) is 6.21 Å². The van der Waals surface area contributed by atoms with Crippen LogP contribution in [0.15, 0.2) is 17.3 Å². The monoisotopic (exact) mass is 140 g/mol. The fourth-order valence-corrected chi connectivity index (χ4v) is 1.09. The quantitative estimate of drug-likeness (QED) is 0.250. The summed E-state index contributed by atoms with van der Waals surface area (Å²) in [7, 11) is 2.04. The van der Waals surface area contributed by atoms with Gasteiger partial charge in [0.05, 0.1) is 6.21 Å². The minimum absolute atomic E-state index is 0.281. The van der Waals surface area contributed by atoms with E-state index in [-0.39, 0.29) is 5.92 Å². The lowest BCUT2D eigenvalue weighted by Crippen LogP contribution is -2.29. The van der Waals surface area contributed by atoms with Crippen molar-refractivity contribution in [1.82, 2.24) is 4.90 Å². The highest BCUT2D eigenvalue weighted by molar-refractivity contribution is 5.63. The maximum absolute atomic E-state index is 8.22. The van der Waals surface area contributed by atoms with E-state index in [1.165, 1.54) is 0 Å². The third kappa shape index (κ3) is 1.84. The van der Waals surface area contributed by atoms with E-state index >= 15 is 0 Å². The molecule has 10 heavy (non-hydrogen) atoms. The van der Waals surface area contributed by atoms with Crippen molar-refractivity contribution in [3.63, 3.8) is 0 Å². The summed E-state index contributed by atoms with van der Waals surface area (Å²) in [6, 6.07) is 0. The molecule has 0 fully saturated rings. The Labute approximate surface area is 60.6 Å². The van der Waals surface area contributed by atoms with Crippen LogP contribution in [0.5, 0.6) is 0 Å². The number of hydrogen-bond donors (Lipinski definition) is 1. The van der Waals surface area contributed by atoms with Crippen LogP contribution in [0, 0.1) is 5.92 Å². The summed E-state index contributed by atoms with van der Waals surface area (Å²) in [5.74, 6) is 0.281. The molecule has 1 aliphatic rings. The van der Waals surface area contributed by atoms with Crippen molar-refractivity contribution >= 4 is 6.21 Å². The Morgan fingerprint density at radius 3 is 3.20 bits per heavy atom. The molecule has 0 bridgehead atoms. The second kappa shape index (κ2) is 3.37. The van der Waals surface area contributed by atoms with Crippen molar-refractivity contribution in [3.8, 4) is 0 Å². The molecule has 0 saturated carbocycles. The average Bonchev–Trinajstić information content (AvgIpc) is 1.88. The van der Waals surface area contributed by atoms with Gasteiger partial charge in [-0.1, -0.05) is 12.2 Å². The van der Waals surface area contributed by atoms with Gasteiger partial charge in [0.2, 0.25) is 0 Å². The van der Waals surface area contributed by atoms with E-state index in [4.69, 9.17) is 5.21 Å². The van der Waals surface area contributed by atoms with Crippen LogP contribution < -0.4 is 0 Å².